The molecule has 0 aliphatic heterocycles. The zero-order valence-electron chi connectivity index (χ0n) is 12.5. The third-order valence-electron chi connectivity index (χ3n) is 2.83. The molecule has 0 aliphatic carbocycles. The van der Waals surface area contributed by atoms with E-state index in [-0.39, 0.29) is 17.8 Å². The molecule has 1 unspecified atom stereocenters. The Labute approximate surface area is 125 Å². The smallest absolute Gasteiger partial charge is 0.330 e. The summed E-state index contributed by atoms with van der Waals surface area (Å²) in [5.74, 6) is -0.259. The van der Waals surface area contributed by atoms with Gasteiger partial charge in [-0.25, -0.2) is 4.79 Å². The molecular weight excluding hydrogens is 268 g/mol. The molecule has 0 saturated carbocycles. The van der Waals surface area contributed by atoms with Crippen molar-refractivity contribution < 1.29 is 14.3 Å². The number of hydrogen-bond donors (Lipinski definition) is 2. The van der Waals surface area contributed by atoms with Crippen LogP contribution in [0.1, 0.15) is 25.8 Å². The Morgan fingerprint density at radius 1 is 1.33 bits per heavy atom. The van der Waals surface area contributed by atoms with Crippen LogP contribution in [0.2, 0.25) is 0 Å². The molecule has 0 saturated heterocycles. The number of hydrogen-bond acceptors (Lipinski definition) is 4. The molecule has 5 nitrogen and oxygen atoms in total. The highest BCUT2D eigenvalue weighted by Gasteiger charge is 2.07. The summed E-state index contributed by atoms with van der Waals surface area (Å²) in [7, 11) is 0. The first kappa shape index (κ1) is 16.9. The summed E-state index contributed by atoms with van der Waals surface area (Å²) in [6, 6.07) is 7.21. The lowest BCUT2D eigenvalue weighted by Gasteiger charge is -2.09. The van der Waals surface area contributed by atoms with Crippen molar-refractivity contribution in [1.29, 1.82) is 0 Å². The van der Waals surface area contributed by atoms with Crippen LogP contribution in [0.25, 0.3) is 6.08 Å². The van der Waals surface area contributed by atoms with Gasteiger partial charge in [-0.15, -0.1) is 0 Å². The van der Waals surface area contributed by atoms with E-state index >= 15 is 0 Å². The van der Waals surface area contributed by atoms with Crippen molar-refractivity contribution in [1.82, 2.24) is 0 Å². The second-order valence-corrected chi connectivity index (χ2v) is 4.80. The fraction of sp³-hybridized carbons (Fsp3) is 0.375. The number of ether oxygens (including phenoxy) is 1. The molecule has 1 aromatic carbocycles. The van der Waals surface area contributed by atoms with Gasteiger partial charge in [0.1, 0.15) is 0 Å². The third kappa shape index (κ3) is 6.72. The number of carbonyl (C=O) groups is 2. The number of amides is 1. The number of esters is 1. The maximum atomic E-state index is 11.7. The highest BCUT2D eigenvalue weighted by molar-refractivity contribution is 5.91. The van der Waals surface area contributed by atoms with E-state index in [1.807, 2.05) is 19.1 Å². The van der Waals surface area contributed by atoms with Crippen LogP contribution < -0.4 is 11.1 Å². The molecule has 0 spiro atoms. The summed E-state index contributed by atoms with van der Waals surface area (Å²) >= 11 is 0. The Bertz CT molecular complexity index is 495. The maximum Gasteiger partial charge on any atom is 0.330 e. The van der Waals surface area contributed by atoms with Gasteiger partial charge in [0, 0.05) is 18.2 Å². The Balaban J connectivity index is 2.54. The van der Waals surface area contributed by atoms with Gasteiger partial charge in [0.05, 0.1) is 6.61 Å². The van der Waals surface area contributed by atoms with Gasteiger partial charge in [0.25, 0.3) is 0 Å². The van der Waals surface area contributed by atoms with Gasteiger partial charge in [-0.05, 0) is 43.2 Å². The average molecular weight is 290 g/mol. The van der Waals surface area contributed by atoms with Crippen LogP contribution in [0.15, 0.2) is 30.3 Å². The number of benzene rings is 1. The zero-order valence-corrected chi connectivity index (χ0v) is 12.5. The third-order valence-corrected chi connectivity index (χ3v) is 2.83. The summed E-state index contributed by atoms with van der Waals surface area (Å²) in [5.41, 5.74) is 7.07. The molecule has 0 heterocycles. The van der Waals surface area contributed by atoms with Gasteiger partial charge in [-0.2, -0.15) is 0 Å². The Kier molecular flexibility index (Phi) is 7.18. The van der Waals surface area contributed by atoms with Crippen molar-refractivity contribution in [3.63, 3.8) is 0 Å². The van der Waals surface area contributed by atoms with Crippen LogP contribution in [-0.2, 0) is 14.3 Å². The highest BCUT2D eigenvalue weighted by Crippen LogP contribution is 2.12. The lowest BCUT2D eigenvalue weighted by molar-refractivity contribution is -0.137. The van der Waals surface area contributed by atoms with E-state index in [0.717, 1.165) is 11.3 Å². The second-order valence-electron chi connectivity index (χ2n) is 4.80. The standard InChI is InChI=1S/C16H22N2O3/c1-3-21-16(20)9-6-13-4-7-14(8-5-13)18-15(19)10-12(2)11-17/h4-9,12H,3,10-11,17H2,1-2H3,(H,18,19)/b9-6+. The number of carbonyl (C=O) groups excluding carboxylic acids is 2. The second kappa shape index (κ2) is 8.92. The predicted molar refractivity (Wildman–Crippen MR) is 83.6 cm³/mol. The molecule has 1 aromatic rings. The number of rotatable bonds is 7. The average Bonchev–Trinajstić information content (AvgIpc) is 2.46. The molecule has 0 aromatic heterocycles. The minimum absolute atomic E-state index is 0.0530. The lowest BCUT2D eigenvalue weighted by atomic mass is 10.1. The SMILES string of the molecule is CCOC(=O)/C=C/c1ccc(NC(=O)CC(C)CN)cc1. The van der Waals surface area contributed by atoms with Crippen molar-refractivity contribution in [2.24, 2.45) is 11.7 Å². The van der Waals surface area contributed by atoms with E-state index in [1.54, 1.807) is 25.1 Å². The van der Waals surface area contributed by atoms with Crippen molar-refractivity contribution in [3.05, 3.63) is 35.9 Å². The van der Waals surface area contributed by atoms with Crippen molar-refractivity contribution in [3.8, 4) is 0 Å². The summed E-state index contributed by atoms with van der Waals surface area (Å²) in [6.07, 6.45) is 3.45. The number of nitrogens with one attached hydrogen (secondary N) is 1. The monoisotopic (exact) mass is 290 g/mol. The molecule has 21 heavy (non-hydrogen) atoms. The van der Waals surface area contributed by atoms with Crippen LogP contribution in [0.5, 0.6) is 0 Å². The minimum atomic E-state index is -0.370. The van der Waals surface area contributed by atoms with Gasteiger partial charge in [-0.3, -0.25) is 4.79 Å². The fourth-order valence-electron chi connectivity index (χ4n) is 1.64. The van der Waals surface area contributed by atoms with E-state index < -0.39 is 0 Å². The predicted octanol–water partition coefficient (Wildman–Crippen LogP) is 2.19. The molecule has 0 bridgehead atoms. The number of anilines is 1. The fourth-order valence-corrected chi connectivity index (χ4v) is 1.64. The first-order valence-corrected chi connectivity index (χ1v) is 7.00. The summed E-state index contributed by atoms with van der Waals surface area (Å²) in [5, 5.41) is 2.81. The molecule has 3 N–H and O–H groups in total. The highest BCUT2D eigenvalue weighted by atomic mass is 16.5. The molecule has 1 rings (SSSR count). The Morgan fingerprint density at radius 3 is 2.57 bits per heavy atom. The molecule has 114 valence electrons. The van der Waals surface area contributed by atoms with Crippen molar-refractivity contribution in [2.75, 3.05) is 18.5 Å². The van der Waals surface area contributed by atoms with Crippen LogP contribution in [0, 0.1) is 5.92 Å². The van der Waals surface area contributed by atoms with Crippen LogP contribution in [-0.4, -0.2) is 25.0 Å². The number of nitrogens with two attached hydrogens (primary N) is 1. The van der Waals surface area contributed by atoms with Crippen molar-refractivity contribution >= 4 is 23.6 Å². The Hall–Kier alpha value is -2.14. The lowest BCUT2D eigenvalue weighted by Crippen LogP contribution is -2.20. The summed E-state index contributed by atoms with van der Waals surface area (Å²) in [4.78, 5) is 22.9. The van der Waals surface area contributed by atoms with E-state index in [0.29, 0.717) is 19.6 Å². The Morgan fingerprint density at radius 2 is 2.00 bits per heavy atom. The first-order valence-electron chi connectivity index (χ1n) is 7.00. The molecule has 5 heteroatoms. The zero-order chi connectivity index (χ0) is 15.7. The van der Waals surface area contributed by atoms with Crippen LogP contribution in [0.3, 0.4) is 0 Å². The summed E-state index contributed by atoms with van der Waals surface area (Å²) in [6.45, 7) is 4.54. The molecule has 0 fully saturated rings. The summed E-state index contributed by atoms with van der Waals surface area (Å²) < 4.78 is 4.79. The van der Waals surface area contributed by atoms with Gasteiger partial charge in [0.15, 0.2) is 0 Å². The topological polar surface area (TPSA) is 81.4 Å². The van der Waals surface area contributed by atoms with E-state index in [1.165, 1.54) is 6.08 Å². The normalized spacial score (nSPS) is 12.1. The van der Waals surface area contributed by atoms with Gasteiger partial charge < -0.3 is 15.8 Å². The molecule has 1 amide bonds. The van der Waals surface area contributed by atoms with Gasteiger partial charge in [-0.1, -0.05) is 19.1 Å². The first-order chi connectivity index (χ1) is 10.0. The molecule has 0 aliphatic rings. The van der Waals surface area contributed by atoms with E-state index in [9.17, 15) is 9.59 Å². The molecule has 1 atom stereocenters. The minimum Gasteiger partial charge on any atom is -0.463 e. The van der Waals surface area contributed by atoms with E-state index in [2.05, 4.69) is 5.32 Å². The van der Waals surface area contributed by atoms with Crippen LogP contribution >= 0.6 is 0 Å². The maximum absolute atomic E-state index is 11.7. The van der Waals surface area contributed by atoms with Gasteiger partial charge in [0.2, 0.25) is 5.91 Å². The quantitative estimate of drug-likeness (QED) is 0.596. The van der Waals surface area contributed by atoms with Crippen molar-refractivity contribution in [2.45, 2.75) is 20.3 Å². The van der Waals surface area contributed by atoms with Crippen LogP contribution in [0.4, 0.5) is 5.69 Å². The molecule has 0 radical (unpaired) electrons. The largest absolute Gasteiger partial charge is 0.463 e. The van der Waals surface area contributed by atoms with Gasteiger partial charge >= 0.3 is 5.97 Å². The molecular formula is C16H22N2O3. The van der Waals surface area contributed by atoms with E-state index in [4.69, 9.17) is 10.5 Å².